The van der Waals surface area contributed by atoms with Crippen molar-refractivity contribution in [2.75, 3.05) is 11.9 Å². The Labute approximate surface area is 358 Å². The Hall–Kier alpha value is -5.23. The summed E-state index contributed by atoms with van der Waals surface area (Å²) in [6, 6.07) is 18.7. The maximum absolute atomic E-state index is 14.7. The van der Waals surface area contributed by atoms with Crippen molar-refractivity contribution in [2.24, 2.45) is 5.41 Å². The first kappa shape index (κ1) is 47.4. The molecule has 0 fully saturated rings. The molecule has 1 aromatic heterocycles. The van der Waals surface area contributed by atoms with Crippen LogP contribution >= 0.6 is 11.6 Å². The van der Waals surface area contributed by atoms with Crippen LogP contribution in [0.15, 0.2) is 76.3 Å². The van der Waals surface area contributed by atoms with Crippen LogP contribution in [0.3, 0.4) is 0 Å². The predicted octanol–water partition coefficient (Wildman–Crippen LogP) is 9.86. The number of carbonyl (C=O) groups excluding carboxylic acids is 4. The van der Waals surface area contributed by atoms with Crippen LogP contribution in [0.4, 0.5) is 5.69 Å². The number of nitrogens with zero attached hydrogens (tertiary/aromatic N) is 3. The van der Waals surface area contributed by atoms with Gasteiger partial charge in [0.2, 0.25) is 5.91 Å². The molecule has 0 spiro atoms. The number of ether oxygens (including phenoxy) is 2. The summed E-state index contributed by atoms with van der Waals surface area (Å²) in [5, 5.41) is 2.25. The number of anilines is 1. The zero-order chi connectivity index (χ0) is 43.8. The summed E-state index contributed by atoms with van der Waals surface area (Å²) >= 11 is 7.03. The molecule has 0 aliphatic heterocycles. The molecule has 0 saturated heterocycles. The Balaban J connectivity index is 1.79. The highest BCUT2D eigenvalue weighted by molar-refractivity contribution is 6.37. The molecule has 0 bridgehead atoms. The van der Waals surface area contributed by atoms with Crippen molar-refractivity contribution in [3.63, 3.8) is 0 Å². The third-order valence-electron chi connectivity index (χ3n) is 10.2. The molecular formula is C47H61ClN4O8. The number of aromatic nitrogens is 3. The lowest BCUT2D eigenvalue weighted by molar-refractivity contribution is -0.154. The van der Waals surface area contributed by atoms with Crippen LogP contribution in [-0.4, -0.2) is 50.3 Å². The third-order valence-corrected chi connectivity index (χ3v) is 10.6. The molecule has 3 aromatic carbocycles. The van der Waals surface area contributed by atoms with Crippen molar-refractivity contribution in [1.82, 2.24) is 13.9 Å². The van der Waals surface area contributed by atoms with Gasteiger partial charge in [-0.2, -0.15) is 4.68 Å². The van der Waals surface area contributed by atoms with Gasteiger partial charge in [0.25, 0.3) is 0 Å². The highest BCUT2D eigenvalue weighted by Gasteiger charge is 2.37. The van der Waals surface area contributed by atoms with Crippen LogP contribution in [0.25, 0.3) is 11.4 Å². The Bertz CT molecular complexity index is 2180. The van der Waals surface area contributed by atoms with E-state index in [0.717, 1.165) is 23.8 Å². The second-order valence-corrected chi connectivity index (χ2v) is 16.6. The molecular weight excluding hydrogens is 784 g/mol. The molecule has 0 aliphatic rings. The largest absolute Gasteiger partial charge is 0.463 e. The van der Waals surface area contributed by atoms with E-state index in [1.54, 1.807) is 75.4 Å². The number of amides is 1. The minimum absolute atomic E-state index is 0.0440. The Kier molecular flexibility index (Phi) is 18.2. The Morgan fingerprint density at radius 3 is 1.90 bits per heavy atom. The summed E-state index contributed by atoms with van der Waals surface area (Å²) in [5.74, 6) is -3.04. The number of hydrogen-bond acceptors (Lipinski definition) is 8. The molecule has 13 heteroatoms. The summed E-state index contributed by atoms with van der Waals surface area (Å²) in [7, 11) is 0. The average Bonchev–Trinajstić information content (AvgIpc) is 3.45. The molecule has 0 saturated carbocycles. The molecule has 1 atom stereocenters. The van der Waals surface area contributed by atoms with Crippen LogP contribution in [0.1, 0.15) is 151 Å². The maximum Gasteiger partial charge on any atom is 0.356 e. The van der Waals surface area contributed by atoms with E-state index in [1.807, 2.05) is 13.0 Å². The molecule has 4 rings (SSSR count). The van der Waals surface area contributed by atoms with E-state index < -0.39 is 57.8 Å². The number of esters is 2. The fourth-order valence-corrected chi connectivity index (χ4v) is 7.23. The lowest BCUT2D eigenvalue weighted by Gasteiger charge is -2.24. The molecule has 1 unspecified atom stereocenters. The predicted molar refractivity (Wildman–Crippen MR) is 236 cm³/mol. The standard InChI is InChI=1S/C47H61ClN4O8/c1-7-9-11-12-13-14-15-16-17-24-30-59-44(56)38(29-10-8-2)60-43(55)36-31-37(49-33(3)53)40(48)41(39(36)42(54)47(4,5)6)51-45(57)50(32-34-25-20-18-21-26-34)52(46(51)58)35-27-22-19-23-28-35/h18-23,25-28,31,38H,7-17,24,29-30,32H2,1-6H3,(H,49,53). The lowest BCUT2D eigenvalue weighted by atomic mass is 9.83. The molecule has 324 valence electrons. The highest BCUT2D eigenvalue weighted by Crippen LogP contribution is 2.38. The fourth-order valence-electron chi connectivity index (χ4n) is 6.95. The van der Waals surface area contributed by atoms with Gasteiger partial charge in [0.1, 0.15) is 0 Å². The number of unbranched alkanes of at least 4 members (excludes halogenated alkanes) is 10. The Morgan fingerprint density at radius 1 is 0.767 bits per heavy atom. The van der Waals surface area contributed by atoms with Gasteiger partial charge in [0.05, 0.1) is 46.4 Å². The zero-order valence-electron chi connectivity index (χ0n) is 36.0. The van der Waals surface area contributed by atoms with Crippen molar-refractivity contribution >= 4 is 40.9 Å². The van der Waals surface area contributed by atoms with E-state index in [4.69, 9.17) is 21.1 Å². The van der Waals surface area contributed by atoms with Crippen LogP contribution in [-0.2, 0) is 25.6 Å². The lowest BCUT2D eigenvalue weighted by Crippen LogP contribution is -2.34. The molecule has 4 aromatic rings. The fraction of sp³-hybridized carbons (Fsp3) is 0.489. The highest BCUT2D eigenvalue weighted by atomic mass is 35.5. The number of Topliss-reactive ketones (excluding diaryl/α,β-unsaturated/α-hetero) is 1. The van der Waals surface area contributed by atoms with Gasteiger partial charge in [-0.05, 0) is 43.0 Å². The normalized spacial score (nSPS) is 11.9. The van der Waals surface area contributed by atoms with Crippen LogP contribution < -0.4 is 16.7 Å². The van der Waals surface area contributed by atoms with Gasteiger partial charge >= 0.3 is 23.3 Å². The molecule has 0 radical (unpaired) electrons. The number of ketones is 1. The van der Waals surface area contributed by atoms with E-state index in [1.165, 1.54) is 60.9 Å². The van der Waals surface area contributed by atoms with Crippen LogP contribution in [0.2, 0.25) is 5.02 Å². The van der Waals surface area contributed by atoms with Gasteiger partial charge in [-0.25, -0.2) is 28.4 Å². The van der Waals surface area contributed by atoms with Crippen molar-refractivity contribution in [2.45, 2.75) is 138 Å². The van der Waals surface area contributed by atoms with Crippen molar-refractivity contribution in [3.05, 3.63) is 109 Å². The number of para-hydroxylation sites is 1. The SMILES string of the molecule is CCCCCCCCCCCCOC(=O)C(CCCC)OC(=O)c1cc(NC(C)=O)c(Cl)c(-n2c(=O)n(Cc3ccccc3)n(-c3ccccc3)c2=O)c1C(=O)C(C)(C)C. The first-order valence-electron chi connectivity index (χ1n) is 21.3. The first-order chi connectivity index (χ1) is 28.7. The second-order valence-electron chi connectivity index (χ2n) is 16.2. The van der Waals surface area contributed by atoms with E-state index in [-0.39, 0.29) is 35.8 Å². The van der Waals surface area contributed by atoms with Gasteiger partial charge < -0.3 is 14.8 Å². The smallest absolute Gasteiger partial charge is 0.356 e. The summed E-state index contributed by atoms with van der Waals surface area (Å²) in [6.07, 6.45) is 11.3. The molecule has 12 nitrogen and oxygen atoms in total. The number of benzene rings is 3. The van der Waals surface area contributed by atoms with E-state index in [0.29, 0.717) is 30.5 Å². The quantitative estimate of drug-likeness (QED) is 0.0441. The monoisotopic (exact) mass is 844 g/mol. The van der Waals surface area contributed by atoms with Gasteiger partial charge in [-0.3, -0.25) is 9.59 Å². The van der Waals surface area contributed by atoms with E-state index in [2.05, 4.69) is 12.2 Å². The van der Waals surface area contributed by atoms with E-state index >= 15 is 0 Å². The zero-order valence-corrected chi connectivity index (χ0v) is 36.8. The number of nitrogens with one attached hydrogen (secondary N) is 1. The molecule has 0 aliphatic carbocycles. The van der Waals surface area contributed by atoms with Gasteiger partial charge in [-0.1, -0.05) is 159 Å². The molecule has 1 heterocycles. The van der Waals surface area contributed by atoms with Crippen LogP contribution in [0.5, 0.6) is 0 Å². The first-order valence-corrected chi connectivity index (χ1v) is 21.7. The summed E-state index contributed by atoms with van der Waals surface area (Å²) < 4.78 is 14.6. The Morgan fingerprint density at radius 2 is 1.33 bits per heavy atom. The van der Waals surface area contributed by atoms with E-state index in [9.17, 15) is 28.8 Å². The van der Waals surface area contributed by atoms with Gasteiger partial charge in [0.15, 0.2) is 11.9 Å². The summed E-state index contributed by atoms with van der Waals surface area (Å²) in [4.78, 5) is 84.4. The van der Waals surface area contributed by atoms with Gasteiger partial charge in [-0.15, -0.1) is 0 Å². The number of halogens is 1. The van der Waals surface area contributed by atoms with Gasteiger partial charge in [0, 0.05) is 12.3 Å². The van der Waals surface area contributed by atoms with Crippen molar-refractivity contribution in [1.29, 1.82) is 0 Å². The average molecular weight is 845 g/mol. The van der Waals surface area contributed by atoms with Crippen LogP contribution in [0, 0.1) is 5.41 Å². The minimum Gasteiger partial charge on any atom is -0.463 e. The third kappa shape index (κ3) is 12.6. The molecule has 1 amide bonds. The molecule has 1 N–H and O–H groups in total. The number of carbonyl (C=O) groups is 4. The summed E-state index contributed by atoms with van der Waals surface area (Å²) in [6.45, 7) is 10.3. The topological polar surface area (TPSA) is 148 Å². The minimum atomic E-state index is -1.31. The summed E-state index contributed by atoms with van der Waals surface area (Å²) in [5.41, 5.74) is -3.22. The van der Waals surface area contributed by atoms with Crippen molar-refractivity contribution < 1.29 is 28.7 Å². The maximum atomic E-state index is 14.7. The number of hydrogen-bond donors (Lipinski definition) is 1. The van der Waals surface area contributed by atoms with Crippen molar-refractivity contribution in [3.8, 4) is 11.4 Å². The molecule has 60 heavy (non-hydrogen) atoms. The number of rotatable bonds is 23. The second kappa shape index (κ2) is 23.0.